The molecule has 0 amide bonds. The lowest BCUT2D eigenvalue weighted by molar-refractivity contribution is -0.341. The van der Waals surface area contributed by atoms with Crippen molar-refractivity contribution >= 4 is 18.0 Å². The number of cyclic esters (lactones) is 1. The van der Waals surface area contributed by atoms with E-state index in [1.54, 1.807) is 59.7 Å². The number of ketones is 1. The van der Waals surface area contributed by atoms with Gasteiger partial charge < -0.3 is 77.9 Å². The molecular weight excluding hydrogens is 838 g/mol. The normalized spacial score (nSPS) is 45.9. The molecule has 4 heterocycles. The molecule has 368 valence electrons. The Bertz CT molecular complexity index is 1560. The van der Waals surface area contributed by atoms with Crippen LogP contribution in [-0.4, -0.2) is 187 Å². The summed E-state index contributed by atoms with van der Waals surface area (Å²) in [7, 11) is 6.43. The number of methoxy groups -OCH3 is 2. The molecule has 0 spiro atoms. The fraction of sp³-hybridized carbons (Fsp3) is 0.848. The van der Waals surface area contributed by atoms with Crippen LogP contribution in [0, 0.1) is 23.7 Å². The lowest BCUT2D eigenvalue weighted by Crippen LogP contribution is -2.65. The fourth-order valence-electron chi connectivity index (χ4n) is 9.51. The number of ether oxygens (including phenoxy) is 9. The quantitative estimate of drug-likeness (QED) is 0.131. The van der Waals surface area contributed by atoms with Gasteiger partial charge >= 0.3 is 5.97 Å². The first kappa shape index (κ1) is 54.3. The smallest absolute Gasteiger partial charge is 0.308 e. The maximum atomic E-state index is 13.8. The minimum Gasteiger partial charge on any atom is -0.462 e. The van der Waals surface area contributed by atoms with E-state index in [4.69, 9.17) is 42.6 Å². The average Bonchev–Trinajstić information content (AvgIpc) is 3.23. The molecule has 18 heteroatoms. The Balaban J connectivity index is 1.62. The van der Waals surface area contributed by atoms with Gasteiger partial charge in [-0.1, -0.05) is 38.5 Å². The van der Waals surface area contributed by atoms with Crippen LogP contribution in [0.15, 0.2) is 23.8 Å². The van der Waals surface area contributed by atoms with Gasteiger partial charge in [-0.05, 0) is 73.5 Å². The number of aliphatic hydroxyl groups excluding tert-OH is 4. The Morgan fingerprint density at radius 2 is 1.52 bits per heavy atom. The van der Waals surface area contributed by atoms with E-state index < -0.39 is 140 Å². The molecule has 21 atom stereocenters. The lowest BCUT2D eigenvalue weighted by Gasteiger charge is -2.50. The number of carbonyl (C=O) groups excluding carboxylic acids is 3. The number of esters is 1. The van der Waals surface area contributed by atoms with Crippen molar-refractivity contribution in [2.75, 3.05) is 34.9 Å². The van der Waals surface area contributed by atoms with Gasteiger partial charge in [0.1, 0.15) is 49.0 Å². The van der Waals surface area contributed by atoms with E-state index in [2.05, 4.69) is 0 Å². The molecule has 0 saturated carbocycles. The highest BCUT2D eigenvalue weighted by atomic mass is 16.7. The zero-order valence-corrected chi connectivity index (χ0v) is 39.7. The van der Waals surface area contributed by atoms with Gasteiger partial charge in [0.05, 0.1) is 55.2 Å². The number of rotatable bonds is 13. The number of nitrogens with zero attached hydrogens (tertiary/aromatic N) is 1. The molecule has 0 aromatic heterocycles. The molecule has 0 radical (unpaired) electrons. The van der Waals surface area contributed by atoms with Crippen LogP contribution in [-0.2, 0) is 57.0 Å². The SMILES string of the molecule is CC[C@@H]1OC(=O)C[C@H](O)[C@H](C)[C@H](O[C@@H]2O[C@H](C)[C@H](O[C@@H]3C[C@](C)(O)[C@H](O)[C@H](C)O3)[C@H](N(C)C)[C@@H]2O)[C@H](CC=O)C[C@H](C)C(=O)/C=C/C(C)=C\[C@@H]1CO[C@@H]1O[C@H](C)[C@H](O)[C@H](OC)[C@@H]1OC. The van der Waals surface area contributed by atoms with Crippen molar-refractivity contribution in [3.63, 3.8) is 0 Å². The van der Waals surface area contributed by atoms with Crippen molar-refractivity contribution in [3.8, 4) is 0 Å². The van der Waals surface area contributed by atoms with Crippen LogP contribution in [0.2, 0.25) is 0 Å². The summed E-state index contributed by atoms with van der Waals surface area (Å²) in [4.78, 5) is 41.5. The third-order valence-electron chi connectivity index (χ3n) is 13.4. The van der Waals surface area contributed by atoms with Crippen molar-refractivity contribution in [2.45, 2.75) is 191 Å². The summed E-state index contributed by atoms with van der Waals surface area (Å²) < 4.78 is 54.7. The first-order valence-electron chi connectivity index (χ1n) is 22.7. The highest BCUT2D eigenvalue weighted by molar-refractivity contribution is 5.91. The van der Waals surface area contributed by atoms with Crippen molar-refractivity contribution in [3.05, 3.63) is 23.8 Å². The number of aliphatic hydroxyl groups is 5. The van der Waals surface area contributed by atoms with Crippen molar-refractivity contribution in [2.24, 2.45) is 23.7 Å². The Hall–Kier alpha value is -2.27. The monoisotopic (exact) mass is 916 g/mol. The minimum absolute atomic E-state index is 0.00788. The molecule has 0 aromatic rings. The van der Waals surface area contributed by atoms with Crippen molar-refractivity contribution in [1.82, 2.24) is 4.90 Å². The summed E-state index contributed by atoms with van der Waals surface area (Å²) in [5.74, 6) is -3.59. The van der Waals surface area contributed by atoms with Gasteiger partial charge in [0.25, 0.3) is 0 Å². The largest absolute Gasteiger partial charge is 0.462 e. The molecular formula is C46H77NO17. The summed E-state index contributed by atoms with van der Waals surface area (Å²) in [5.41, 5.74) is -0.806. The minimum atomic E-state index is -1.49. The van der Waals surface area contributed by atoms with Gasteiger partial charge in [0, 0.05) is 44.8 Å². The number of hydrogen-bond acceptors (Lipinski definition) is 18. The van der Waals surface area contributed by atoms with E-state index in [0.717, 1.165) is 6.29 Å². The van der Waals surface area contributed by atoms with Gasteiger partial charge in [0.2, 0.25) is 0 Å². The first-order chi connectivity index (χ1) is 30.1. The molecule has 4 rings (SSSR count). The maximum absolute atomic E-state index is 13.8. The van der Waals surface area contributed by atoms with Gasteiger partial charge in [0.15, 0.2) is 24.7 Å². The van der Waals surface area contributed by atoms with Crippen LogP contribution < -0.4 is 0 Å². The first-order valence-corrected chi connectivity index (χ1v) is 22.7. The number of aldehydes is 1. The summed E-state index contributed by atoms with van der Waals surface area (Å²) >= 11 is 0. The van der Waals surface area contributed by atoms with Crippen molar-refractivity contribution in [1.29, 1.82) is 0 Å². The molecule has 3 fully saturated rings. The Kier molecular flexibility index (Phi) is 20.5. The summed E-state index contributed by atoms with van der Waals surface area (Å²) in [5, 5.41) is 55.8. The van der Waals surface area contributed by atoms with Crippen LogP contribution in [0.25, 0.3) is 0 Å². The average molecular weight is 916 g/mol. The standard InChI is InChI=1S/C46H77NO17/c1-13-33-30(22-58-45-42(57-12)41(56-11)37(52)26(5)60-45)18-23(2)14-15-31(49)24(3)19-29(16-17-48)39(25(4)32(50)20-34(51)62-33)64-44-38(53)36(47(9)10)40(27(6)61-44)63-35-21-46(8,55)43(54)28(7)59-35/h14-15,17-18,24-30,32-33,35-45,50,52-55H,13,16,19-22H2,1-12H3/b15-14+,23-18-/t24-,25-,26+,27+,28-,29+,30+,32-,33-,35+,36+,37-,38-,39-,40-,41-,42-,43+,44-,45+,46-/m0/s1. The third-order valence-corrected chi connectivity index (χ3v) is 13.4. The molecule has 0 aliphatic carbocycles. The second-order valence-corrected chi connectivity index (χ2v) is 18.7. The molecule has 0 bridgehead atoms. The maximum Gasteiger partial charge on any atom is 0.308 e. The van der Waals surface area contributed by atoms with E-state index in [1.807, 2.05) is 19.9 Å². The molecule has 5 N–H and O–H groups in total. The third kappa shape index (κ3) is 13.5. The van der Waals surface area contributed by atoms with Crippen molar-refractivity contribution < 1.29 is 82.5 Å². The fourth-order valence-corrected chi connectivity index (χ4v) is 9.51. The Morgan fingerprint density at radius 3 is 2.11 bits per heavy atom. The van der Waals surface area contributed by atoms with Crippen LogP contribution in [0.1, 0.15) is 87.5 Å². The number of hydrogen-bond donors (Lipinski definition) is 5. The van der Waals surface area contributed by atoms with E-state index in [0.29, 0.717) is 12.0 Å². The van der Waals surface area contributed by atoms with Gasteiger partial charge in [-0.25, -0.2) is 0 Å². The second kappa shape index (κ2) is 24.1. The van der Waals surface area contributed by atoms with Crippen LogP contribution in [0.3, 0.4) is 0 Å². The topological polar surface area (TPSA) is 239 Å². The molecule has 3 saturated heterocycles. The van der Waals surface area contributed by atoms with Gasteiger partial charge in [-0.15, -0.1) is 0 Å². The zero-order valence-electron chi connectivity index (χ0n) is 39.7. The van der Waals surface area contributed by atoms with Crippen LogP contribution in [0.4, 0.5) is 0 Å². The Morgan fingerprint density at radius 1 is 0.859 bits per heavy atom. The summed E-state index contributed by atoms with van der Waals surface area (Å²) in [6, 6.07) is -0.748. The number of carbonyl (C=O) groups is 3. The lowest BCUT2D eigenvalue weighted by atomic mass is 9.79. The number of likely N-dealkylation sites (N-methyl/N-ethyl adjacent to an activating group) is 1. The molecule has 0 aromatic carbocycles. The molecule has 64 heavy (non-hydrogen) atoms. The zero-order chi connectivity index (χ0) is 47.8. The van der Waals surface area contributed by atoms with Gasteiger partial charge in [-0.2, -0.15) is 0 Å². The number of allylic oxidation sites excluding steroid dienone is 3. The van der Waals surface area contributed by atoms with Crippen LogP contribution >= 0.6 is 0 Å². The summed E-state index contributed by atoms with van der Waals surface area (Å²) in [6.07, 6.45) is -8.49. The molecule has 4 aliphatic heterocycles. The van der Waals surface area contributed by atoms with E-state index in [9.17, 15) is 39.9 Å². The predicted octanol–water partition coefficient (Wildman–Crippen LogP) is 1.83. The molecule has 4 aliphatic rings. The molecule has 0 unspecified atom stereocenters. The van der Waals surface area contributed by atoms with E-state index in [1.165, 1.54) is 27.2 Å². The summed E-state index contributed by atoms with van der Waals surface area (Å²) in [6.45, 7) is 13.6. The highest BCUT2D eigenvalue weighted by Gasteiger charge is 2.52. The molecule has 18 nitrogen and oxygen atoms in total. The van der Waals surface area contributed by atoms with E-state index in [-0.39, 0.29) is 31.7 Å². The highest BCUT2D eigenvalue weighted by Crippen LogP contribution is 2.37. The van der Waals surface area contributed by atoms with Gasteiger partial charge in [-0.3, -0.25) is 9.59 Å². The van der Waals surface area contributed by atoms with Crippen LogP contribution in [0.5, 0.6) is 0 Å². The predicted molar refractivity (Wildman–Crippen MR) is 230 cm³/mol. The van der Waals surface area contributed by atoms with E-state index >= 15 is 0 Å². The second-order valence-electron chi connectivity index (χ2n) is 18.7. The Labute approximate surface area is 378 Å².